The van der Waals surface area contributed by atoms with Crippen molar-refractivity contribution < 1.29 is 19.0 Å². The van der Waals surface area contributed by atoms with Crippen LogP contribution in [0.1, 0.15) is 57.8 Å². The van der Waals surface area contributed by atoms with Crippen molar-refractivity contribution in [2.75, 3.05) is 6.79 Å². The number of benzene rings is 2. The van der Waals surface area contributed by atoms with Gasteiger partial charge in [-0.3, -0.25) is 4.79 Å². The maximum absolute atomic E-state index is 12.3. The molecule has 4 heteroatoms. The predicted octanol–water partition coefficient (Wildman–Crippen LogP) is 6.14. The van der Waals surface area contributed by atoms with E-state index in [1.807, 2.05) is 30.3 Å². The van der Waals surface area contributed by atoms with Crippen LogP contribution in [0.3, 0.4) is 0 Å². The quantitative estimate of drug-likeness (QED) is 0.408. The van der Waals surface area contributed by atoms with Crippen LogP contribution in [-0.2, 0) is 14.3 Å². The van der Waals surface area contributed by atoms with Gasteiger partial charge in [-0.05, 0) is 61.8 Å². The molecule has 0 saturated heterocycles. The number of ether oxygens (including phenoxy) is 3. The summed E-state index contributed by atoms with van der Waals surface area (Å²) in [6.07, 6.45) is 9.42. The lowest BCUT2D eigenvalue weighted by molar-refractivity contribution is -0.159. The zero-order valence-electron chi connectivity index (χ0n) is 17.6. The van der Waals surface area contributed by atoms with Crippen molar-refractivity contribution in [1.82, 2.24) is 0 Å². The van der Waals surface area contributed by atoms with Crippen LogP contribution in [0.4, 0.5) is 0 Å². The summed E-state index contributed by atoms with van der Waals surface area (Å²) < 4.78 is 17.4. The van der Waals surface area contributed by atoms with Gasteiger partial charge in [0, 0.05) is 0 Å². The van der Waals surface area contributed by atoms with Gasteiger partial charge in [0.15, 0.2) is 6.79 Å². The SMILES string of the molecule is O=C(OC1CCC(OCOc2ccc(-c3ccccc3)cc2)CC1)C1CCCCC1. The Labute approximate surface area is 179 Å². The summed E-state index contributed by atoms with van der Waals surface area (Å²) in [7, 11) is 0. The monoisotopic (exact) mass is 408 g/mol. The van der Waals surface area contributed by atoms with Crippen molar-refractivity contribution in [2.45, 2.75) is 70.0 Å². The third kappa shape index (κ3) is 5.85. The molecule has 0 amide bonds. The maximum atomic E-state index is 12.3. The molecule has 0 unspecified atom stereocenters. The number of rotatable bonds is 7. The molecule has 2 aliphatic carbocycles. The molecule has 160 valence electrons. The highest BCUT2D eigenvalue weighted by molar-refractivity contribution is 5.72. The standard InChI is InChI=1S/C26H32O4/c27-26(22-9-5-2-6-10-22)30-25-17-15-24(16-18-25)29-19-28-23-13-11-21(12-14-23)20-7-3-1-4-8-20/h1,3-4,7-8,11-14,22,24-25H,2,5-6,9-10,15-19H2. The van der Waals surface area contributed by atoms with Crippen LogP contribution in [-0.4, -0.2) is 25.0 Å². The normalized spacial score (nSPS) is 22.4. The molecule has 4 rings (SSSR count). The van der Waals surface area contributed by atoms with Gasteiger partial charge < -0.3 is 14.2 Å². The first-order valence-corrected chi connectivity index (χ1v) is 11.4. The number of carbonyl (C=O) groups is 1. The van der Waals surface area contributed by atoms with Gasteiger partial charge in [0.25, 0.3) is 0 Å². The van der Waals surface area contributed by atoms with Crippen LogP contribution in [0.2, 0.25) is 0 Å². The minimum atomic E-state index is 0.0290. The third-order valence-electron chi connectivity index (χ3n) is 6.33. The van der Waals surface area contributed by atoms with E-state index < -0.39 is 0 Å². The molecule has 30 heavy (non-hydrogen) atoms. The van der Waals surface area contributed by atoms with Crippen LogP contribution < -0.4 is 4.74 Å². The first kappa shape index (κ1) is 20.9. The third-order valence-corrected chi connectivity index (χ3v) is 6.33. The second-order valence-corrected chi connectivity index (χ2v) is 8.49. The van der Waals surface area contributed by atoms with Crippen LogP contribution in [0.5, 0.6) is 5.75 Å². The second-order valence-electron chi connectivity index (χ2n) is 8.49. The Balaban J connectivity index is 1.14. The minimum absolute atomic E-state index is 0.0290. The summed E-state index contributed by atoms with van der Waals surface area (Å²) in [4.78, 5) is 12.3. The Bertz CT molecular complexity index is 772. The summed E-state index contributed by atoms with van der Waals surface area (Å²) in [6, 6.07) is 18.4. The van der Waals surface area contributed by atoms with Crippen molar-refractivity contribution in [3.05, 3.63) is 54.6 Å². The zero-order valence-corrected chi connectivity index (χ0v) is 17.6. The van der Waals surface area contributed by atoms with Crippen molar-refractivity contribution >= 4 is 5.97 Å². The molecule has 0 bridgehead atoms. The number of hydrogen-bond acceptors (Lipinski definition) is 4. The molecule has 2 aromatic carbocycles. The van der Waals surface area contributed by atoms with E-state index in [1.54, 1.807) is 0 Å². The van der Waals surface area contributed by atoms with E-state index in [0.29, 0.717) is 0 Å². The van der Waals surface area contributed by atoms with Gasteiger partial charge in [-0.25, -0.2) is 0 Å². The average molecular weight is 409 g/mol. The predicted molar refractivity (Wildman–Crippen MR) is 117 cm³/mol. The average Bonchev–Trinajstić information content (AvgIpc) is 2.82. The maximum Gasteiger partial charge on any atom is 0.309 e. The van der Waals surface area contributed by atoms with Crippen LogP contribution in [0.25, 0.3) is 11.1 Å². The highest BCUT2D eigenvalue weighted by Crippen LogP contribution is 2.29. The number of hydrogen-bond donors (Lipinski definition) is 0. The van der Waals surface area contributed by atoms with Crippen LogP contribution >= 0.6 is 0 Å². The smallest absolute Gasteiger partial charge is 0.309 e. The molecule has 0 aromatic heterocycles. The van der Waals surface area contributed by atoms with Crippen LogP contribution in [0, 0.1) is 5.92 Å². The molecule has 2 aromatic rings. The Morgan fingerprint density at radius 2 is 1.37 bits per heavy atom. The topological polar surface area (TPSA) is 44.8 Å². The summed E-state index contributed by atoms with van der Waals surface area (Å²) in [6.45, 7) is 0.252. The van der Waals surface area contributed by atoms with E-state index in [2.05, 4.69) is 24.3 Å². The lowest BCUT2D eigenvalue weighted by atomic mass is 9.89. The van der Waals surface area contributed by atoms with E-state index in [0.717, 1.165) is 57.1 Å². The molecule has 2 saturated carbocycles. The summed E-state index contributed by atoms with van der Waals surface area (Å²) in [5, 5.41) is 0. The summed E-state index contributed by atoms with van der Waals surface area (Å²) in [5.41, 5.74) is 2.37. The molecule has 0 radical (unpaired) electrons. The van der Waals surface area contributed by atoms with Gasteiger partial charge in [0.1, 0.15) is 11.9 Å². The highest BCUT2D eigenvalue weighted by atomic mass is 16.7. The Kier molecular flexibility index (Phi) is 7.41. The van der Waals surface area contributed by atoms with Gasteiger partial charge >= 0.3 is 5.97 Å². The molecule has 2 aliphatic rings. The Morgan fingerprint density at radius 1 is 0.733 bits per heavy atom. The van der Waals surface area contributed by atoms with Gasteiger partial charge in [-0.15, -0.1) is 0 Å². The molecular weight excluding hydrogens is 376 g/mol. The molecule has 0 spiro atoms. The van der Waals surface area contributed by atoms with E-state index in [9.17, 15) is 4.79 Å². The number of carbonyl (C=O) groups excluding carboxylic acids is 1. The number of esters is 1. The fourth-order valence-corrected chi connectivity index (χ4v) is 4.49. The highest BCUT2D eigenvalue weighted by Gasteiger charge is 2.28. The molecule has 0 heterocycles. The van der Waals surface area contributed by atoms with Gasteiger partial charge in [-0.2, -0.15) is 0 Å². The van der Waals surface area contributed by atoms with Gasteiger partial charge in [-0.1, -0.05) is 61.7 Å². The largest absolute Gasteiger partial charge is 0.468 e. The van der Waals surface area contributed by atoms with E-state index in [-0.39, 0.29) is 30.9 Å². The van der Waals surface area contributed by atoms with Gasteiger partial charge in [0.05, 0.1) is 12.0 Å². The fraction of sp³-hybridized carbons (Fsp3) is 0.500. The van der Waals surface area contributed by atoms with Crippen molar-refractivity contribution in [3.63, 3.8) is 0 Å². The Hall–Kier alpha value is -2.33. The molecule has 0 aliphatic heterocycles. The molecule has 4 nitrogen and oxygen atoms in total. The minimum Gasteiger partial charge on any atom is -0.468 e. The summed E-state index contributed by atoms with van der Waals surface area (Å²) in [5.74, 6) is 0.973. The zero-order chi connectivity index (χ0) is 20.6. The van der Waals surface area contributed by atoms with E-state index in [1.165, 1.54) is 17.5 Å². The first-order chi connectivity index (χ1) is 14.8. The molecule has 0 N–H and O–H groups in total. The first-order valence-electron chi connectivity index (χ1n) is 11.4. The van der Waals surface area contributed by atoms with Crippen molar-refractivity contribution in [3.8, 4) is 16.9 Å². The van der Waals surface area contributed by atoms with Gasteiger partial charge in [0.2, 0.25) is 0 Å². The Morgan fingerprint density at radius 3 is 2.07 bits per heavy atom. The molecule has 0 atom stereocenters. The lowest BCUT2D eigenvalue weighted by Crippen LogP contribution is -2.31. The van der Waals surface area contributed by atoms with Crippen LogP contribution in [0.15, 0.2) is 54.6 Å². The van der Waals surface area contributed by atoms with E-state index in [4.69, 9.17) is 14.2 Å². The fourth-order valence-electron chi connectivity index (χ4n) is 4.49. The lowest BCUT2D eigenvalue weighted by Gasteiger charge is -2.30. The van der Waals surface area contributed by atoms with Crippen molar-refractivity contribution in [2.24, 2.45) is 5.92 Å². The molecular formula is C26H32O4. The molecule has 2 fully saturated rings. The summed E-state index contributed by atoms with van der Waals surface area (Å²) >= 11 is 0. The van der Waals surface area contributed by atoms with Crippen molar-refractivity contribution in [1.29, 1.82) is 0 Å². The second kappa shape index (κ2) is 10.6. The van der Waals surface area contributed by atoms with E-state index >= 15 is 0 Å².